The molecule has 1 aliphatic rings. The predicted molar refractivity (Wildman–Crippen MR) is 99.1 cm³/mol. The van der Waals surface area contributed by atoms with Crippen molar-refractivity contribution in [1.29, 1.82) is 0 Å². The van der Waals surface area contributed by atoms with Gasteiger partial charge in [0.1, 0.15) is 5.65 Å². The number of aryl methyl sites for hydroxylation is 1. The minimum atomic E-state index is -0.441. The van der Waals surface area contributed by atoms with Crippen molar-refractivity contribution in [3.63, 3.8) is 0 Å². The summed E-state index contributed by atoms with van der Waals surface area (Å²) in [6.07, 6.45) is 2.34. The maximum absolute atomic E-state index is 12.8. The van der Waals surface area contributed by atoms with Gasteiger partial charge in [-0.05, 0) is 35.6 Å². The third-order valence-corrected chi connectivity index (χ3v) is 5.31. The van der Waals surface area contributed by atoms with Gasteiger partial charge in [0.2, 0.25) is 0 Å². The lowest BCUT2D eigenvalue weighted by Crippen LogP contribution is -2.38. The van der Waals surface area contributed by atoms with Crippen LogP contribution in [0.5, 0.6) is 0 Å². The molecule has 0 N–H and O–H groups in total. The van der Waals surface area contributed by atoms with Crippen molar-refractivity contribution in [2.24, 2.45) is 14.1 Å². The van der Waals surface area contributed by atoms with Crippen LogP contribution < -0.4 is 11.2 Å². The van der Waals surface area contributed by atoms with Crippen LogP contribution in [0.25, 0.3) is 11.0 Å². The largest absolute Gasteiger partial charge is 0.332 e. The number of ketones is 1. The second kappa shape index (κ2) is 5.92. The monoisotopic (exact) mass is 369 g/mol. The molecular formula is C19H16ClN3O3. The van der Waals surface area contributed by atoms with E-state index in [1.807, 2.05) is 18.2 Å². The molecule has 0 unspecified atom stereocenters. The molecule has 6 nitrogen and oxygen atoms in total. The first-order chi connectivity index (χ1) is 12.4. The highest BCUT2D eigenvalue weighted by Crippen LogP contribution is 2.35. The highest BCUT2D eigenvalue weighted by Gasteiger charge is 2.30. The van der Waals surface area contributed by atoms with Crippen LogP contribution in [-0.2, 0) is 20.5 Å². The molecule has 0 saturated heterocycles. The fraction of sp³-hybridized carbons (Fsp3) is 0.263. The van der Waals surface area contributed by atoms with E-state index in [-0.39, 0.29) is 11.7 Å². The van der Waals surface area contributed by atoms with Gasteiger partial charge in [0, 0.05) is 37.3 Å². The van der Waals surface area contributed by atoms with Gasteiger partial charge < -0.3 is 0 Å². The van der Waals surface area contributed by atoms with Crippen LogP contribution in [0, 0.1) is 0 Å². The van der Waals surface area contributed by atoms with Gasteiger partial charge in [0.05, 0.1) is 5.39 Å². The molecule has 0 aliphatic heterocycles. The van der Waals surface area contributed by atoms with Crippen LogP contribution >= 0.6 is 11.6 Å². The van der Waals surface area contributed by atoms with E-state index in [0.29, 0.717) is 40.0 Å². The van der Waals surface area contributed by atoms with Crippen molar-refractivity contribution < 1.29 is 4.79 Å². The first kappa shape index (κ1) is 16.7. The summed E-state index contributed by atoms with van der Waals surface area (Å²) in [6.45, 7) is 0. The normalized spacial score (nSPS) is 16.7. The number of fused-ring (bicyclic) bond motifs is 3. The fourth-order valence-corrected chi connectivity index (χ4v) is 3.89. The molecule has 1 aromatic carbocycles. The number of halogens is 1. The molecule has 1 aliphatic carbocycles. The summed E-state index contributed by atoms with van der Waals surface area (Å²) in [7, 11) is 3.01. The van der Waals surface area contributed by atoms with Crippen LogP contribution in [0.2, 0.25) is 5.02 Å². The van der Waals surface area contributed by atoms with Gasteiger partial charge in [-0.15, -0.1) is 0 Å². The molecule has 0 amide bonds. The van der Waals surface area contributed by atoms with E-state index >= 15 is 0 Å². The van der Waals surface area contributed by atoms with Gasteiger partial charge in [-0.3, -0.25) is 18.7 Å². The molecule has 0 radical (unpaired) electrons. The summed E-state index contributed by atoms with van der Waals surface area (Å²) < 4.78 is 2.39. The Morgan fingerprint density at radius 1 is 1.12 bits per heavy atom. The van der Waals surface area contributed by atoms with E-state index in [0.717, 1.165) is 10.1 Å². The Bertz CT molecular complexity index is 1190. The van der Waals surface area contributed by atoms with Crippen LogP contribution in [0.4, 0.5) is 0 Å². The first-order valence-electron chi connectivity index (χ1n) is 8.24. The van der Waals surface area contributed by atoms with Crippen molar-refractivity contribution in [2.75, 3.05) is 0 Å². The Hall–Kier alpha value is -2.73. The minimum absolute atomic E-state index is 0.0541. The Morgan fingerprint density at radius 2 is 1.88 bits per heavy atom. The average molecular weight is 370 g/mol. The maximum Gasteiger partial charge on any atom is 0.332 e. The zero-order chi connectivity index (χ0) is 18.6. The first-order valence-corrected chi connectivity index (χ1v) is 8.62. The number of benzene rings is 1. The van der Waals surface area contributed by atoms with Crippen molar-refractivity contribution in [3.05, 3.63) is 73.0 Å². The molecule has 1 atom stereocenters. The Labute approximate surface area is 153 Å². The molecule has 7 heteroatoms. The predicted octanol–water partition coefficient (Wildman–Crippen LogP) is 2.20. The number of nitrogens with zero attached hydrogens (tertiary/aromatic N) is 3. The summed E-state index contributed by atoms with van der Waals surface area (Å²) in [5.41, 5.74) is 1.52. The molecule has 26 heavy (non-hydrogen) atoms. The summed E-state index contributed by atoms with van der Waals surface area (Å²) >= 11 is 6.09. The van der Waals surface area contributed by atoms with E-state index in [1.165, 1.54) is 17.8 Å². The number of rotatable bonds is 1. The number of pyridine rings is 1. The number of carbonyl (C=O) groups is 1. The number of hydrogen-bond donors (Lipinski definition) is 0. The standard InChI is InChI=1S/C19H16ClN3O3/c1-22-17-16(18(25)23(2)19(22)26)13-7-11(8-15(24)14(13)9-21-17)10-4-3-5-12(20)6-10/h3-6,9,11H,7-8H2,1-2H3/t11-/m1/s1. The topological polar surface area (TPSA) is 74.0 Å². The molecule has 2 heterocycles. The van der Waals surface area contributed by atoms with E-state index in [9.17, 15) is 14.4 Å². The Balaban J connectivity index is 1.99. The molecule has 2 aromatic heterocycles. The second-order valence-electron chi connectivity index (χ2n) is 6.64. The van der Waals surface area contributed by atoms with E-state index in [1.54, 1.807) is 13.1 Å². The maximum atomic E-state index is 12.8. The summed E-state index contributed by atoms with van der Waals surface area (Å²) in [4.78, 5) is 41.8. The summed E-state index contributed by atoms with van der Waals surface area (Å²) in [5.74, 6) is -0.122. The van der Waals surface area contributed by atoms with Crippen molar-refractivity contribution in [1.82, 2.24) is 14.1 Å². The molecule has 0 bridgehead atoms. The van der Waals surface area contributed by atoms with Crippen molar-refractivity contribution >= 4 is 28.4 Å². The molecule has 4 rings (SSSR count). The van der Waals surface area contributed by atoms with Crippen LogP contribution in [0.15, 0.2) is 40.1 Å². The summed E-state index contributed by atoms with van der Waals surface area (Å²) in [6, 6.07) is 7.42. The minimum Gasteiger partial charge on any atom is -0.294 e. The molecule has 132 valence electrons. The second-order valence-corrected chi connectivity index (χ2v) is 7.07. The summed E-state index contributed by atoms with van der Waals surface area (Å²) in [5, 5.41) is 0.950. The lowest BCUT2D eigenvalue weighted by molar-refractivity contribution is 0.0964. The molecular weight excluding hydrogens is 354 g/mol. The lowest BCUT2D eigenvalue weighted by atomic mass is 9.79. The third-order valence-electron chi connectivity index (χ3n) is 5.08. The number of Topliss-reactive ketones (excluding diaryl/α,β-unsaturated/α-hetero) is 1. The van der Waals surface area contributed by atoms with Gasteiger partial charge in [-0.2, -0.15) is 0 Å². The highest BCUT2D eigenvalue weighted by atomic mass is 35.5. The van der Waals surface area contributed by atoms with Gasteiger partial charge in [0.25, 0.3) is 5.56 Å². The van der Waals surface area contributed by atoms with Crippen molar-refractivity contribution in [3.8, 4) is 0 Å². The third kappa shape index (κ3) is 2.41. The lowest BCUT2D eigenvalue weighted by Gasteiger charge is -2.25. The Kier molecular flexibility index (Phi) is 3.80. The van der Waals surface area contributed by atoms with Crippen LogP contribution in [0.3, 0.4) is 0 Å². The molecule has 0 spiro atoms. The van der Waals surface area contributed by atoms with E-state index in [2.05, 4.69) is 4.98 Å². The van der Waals surface area contributed by atoms with Gasteiger partial charge in [-0.1, -0.05) is 23.7 Å². The number of aromatic nitrogens is 3. The van der Waals surface area contributed by atoms with Gasteiger partial charge in [-0.25, -0.2) is 9.78 Å². The van der Waals surface area contributed by atoms with Gasteiger partial charge in [0.15, 0.2) is 5.78 Å². The van der Waals surface area contributed by atoms with E-state index in [4.69, 9.17) is 11.6 Å². The molecule has 3 aromatic rings. The van der Waals surface area contributed by atoms with Crippen LogP contribution in [-0.4, -0.2) is 19.9 Å². The SMILES string of the molecule is Cn1c(=O)c2c3c(cnc2n(C)c1=O)C(=O)C[C@H](c1cccc(Cl)c1)C3. The molecule has 0 saturated carbocycles. The van der Waals surface area contributed by atoms with Crippen LogP contribution in [0.1, 0.15) is 33.8 Å². The average Bonchev–Trinajstić information content (AvgIpc) is 2.63. The zero-order valence-electron chi connectivity index (χ0n) is 14.3. The quantitative estimate of drug-likeness (QED) is 0.659. The molecule has 0 fully saturated rings. The fourth-order valence-electron chi connectivity index (χ4n) is 3.69. The highest BCUT2D eigenvalue weighted by molar-refractivity contribution is 6.30. The number of carbonyl (C=O) groups excluding carboxylic acids is 1. The Morgan fingerprint density at radius 3 is 2.62 bits per heavy atom. The van der Waals surface area contributed by atoms with Gasteiger partial charge >= 0.3 is 5.69 Å². The van der Waals surface area contributed by atoms with E-state index < -0.39 is 11.2 Å². The zero-order valence-corrected chi connectivity index (χ0v) is 15.1. The smallest absolute Gasteiger partial charge is 0.294 e. The number of hydrogen-bond acceptors (Lipinski definition) is 4. The van der Waals surface area contributed by atoms with Crippen molar-refractivity contribution in [2.45, 2.75) is 18.8 Å².